The van der Waals surface area contributed by atoms with Gasteiger partial charge in [-0.3, -0.25) is 14.3 Å². The van der Waals surface area contributed by atoms with Crippen LogP contribution in [0.2, 0.25) is 0 Å². The molecule has 0 radical (unpaired) electrons. The van der Waals surface area contributed by atoms with Gasteiger partial charge < -0.3 is 29.4 Å². The number of carbonyl (C=O) groups excluding carboxylic acids is 2. The molecule has 1 aromatic carbocycles. The highest BCUT2D eigenvalue weighted by atomic mass is 19.4. The Morgan fingerprint density at radius 3 is 2.31 bits per heavy atom. The van der Waals surface area contributed by atoms with Crippen LogP contribution >= 0.6 is 0 Å². The largest absolute Gasteiger partial charge is 0.445 e. The third kappa shape index (κ3) is 5.92. The first-order valence-corrected chi connectivity index (χ1v) is 12.5. The number of alkyl halides is 3. The number of piperidine rings is 1. The fraction of sp³-hybridized carbons (Fsp3) is 0.542. The normalized spacial score (nSPS) is 19.1. The second kappa shape index (κ2) is 10.4. The van der Waals surface area contributed by atoms with Crippen LogP contribution in [0.1, 0.15) is 24.0 Å². The van der Waals surface area contributed by atoms with Gasteiger partial charge in [0.1, 0.15) is 18.4 Å². The lowest BCUT2D eigenvalue weighted by Crippen LogP contribution is -2.54. The first kappa shape index (κ1) is 26.7. The number of piperazine rings is 1. The highest BCUT2D eigenvalue weighted by molar-refractivity contribution is 5.78. The summed E-state index contributed by atoms with van der Waals surface area (Å²) in [5.74, 6) is -0.269. The second-order valence-corrected chi connectivity index (χ2v) is 9.95. The third-order valence-electron chi connectivity index (χ3n) is 7.34. The summed E-state index contributed by atoms with van der Waals surface area (Å²) in [6.07, 6.45) is -2.42. The van der Waals surface area contributed by atoms with Crippen LogP contribution < -0.4 is 4.74 Å². The Bertz CT molecular complexity index is 1210. The Morgan fingerprint density at radius 2 is 1.72 bits per heavy atom. The van der Waals surface area contributed by atoms with Crippen molar-refractivity contribution in [2.75, 3.05) is 45.8 Å². The van der Waals surface area contributed by atoms with Gasteiger partial charge in [-0.1, -0.05) is 12.1 Å². The molecule has 0 bridgehead atoms. The van der Waals surface area contributed by atoms with E-state index in [-0.39, 0.29) is 30.9 Å². The Kier molecular flexibility index (Phi) is 7.09. The van der Waals surface area contributed by atoms with Gasteiger partial charge in [0, 0.05) is 57.1 Å². The molecule has 2 aromatic rings. The van der Waals surface area contributed by atoms with E-state index in [9.17, 15) is 32.9 Å². The van der Waals surface area contributed by atoms with Crippen molar-refractivity contribution in [2.24, 2.45) is 0 Å². The Balaban J connectivity index is 1.02. The molecule has 0 aliphatic carbocycles. The summed E-state index contributed by atoms with van der Waals surface area (Å²) >= 11 is 0. The van der Waals surface area contributed by atoms with Gasteiger partial charge in [-0.05, 0) is 22.6 Å². The smallest absolute Gasteiger partial charge is 0.416 e. The Labute approximate surface area is 221 Å². The number of hydrogen-bond acceptors (Lipinski definition) is 8. The number of rotatable bonds is 5. The number of fused-ring (bicyclic) bond motifs is 1. The molecule has 3 aliphatic rings. The summed E-state index contributed by atoms with van der Waals surface area (Å²) in [7, 11) is 0. The van der Waals surface area contributed by atoms with Gasteiger partial charge in [0.2, 0.25) is 5.91 Å². The van der Waals surface area contributed by atoms with E-state index in [4.69, 9.17) is 9.47 Å². The van der Waals surface area contributed by atoms with Crippen LogP contribution in [0.5, 0.6) is 6.01 Å². The number of nitro groups is 1. The second-order valence-electron chi connectivity index (χ2n) is 9.95. The lowest BCUT2D eigenvalue weighted by molar-refractivity contribution is -0.389. The Hall–Kier alpha value is -3.88. The van der Waals surface area contributed by atoms with Gasteiger partial charge in [0.15, 0.2) is 0 Å². The predicted molar refractivity (Wildman–Crippen MR) is 128 cm³/mol. The van der Waals surface area contributed by atoms with Crippen LogP contribution in [0.4, 0.5) is 23.8 Å². The average Bonchev–Trinajstić information content (AvgIpc) is 3.44. The topological polar surface area (TPSA) is 123 Å². The van der Waals surface area contributed by atoms with Crippen molar-refractivity contribution in [3.63, 3.8) is 0 Å². The molecule has 4 heterocycles. The van der Waals surface area contributed by atoms with Crippen molar-refractivity contribution in [1.82, 2.24) is 24.3 Å². The first-order chi connectivity index (χ1) is 18.5. The molecule has 15 heteroatoms. The number of benzene rings is 1. The number of halogens is 3. The summed E-state index contributed by atoms with van der Waals surface area (Å²) in [6, 6.07) is 4.69. The summed E-state index contributed by atoms with van der Waals surface area (Å²) < 4.78 is 50.9. The summed E-state index contributed by atoms with van der Waals surface area (Å²) in [4.78, 5) is 44.8. The minimum atomic E-state index is -4.42. The van der Waals surface area contributed by atoms with Gasteiger partial charge in [0.25, 0.3) is 0 Å². The van der Waals surface area contributed by atoms with E-state index in [0.717, 1.165) is 12.1 Å². The molecule has 3 aliphatic heterocycles. The predicted octanol–water partition coefficient (Wildman–Crippen LogP) is 2.52. The van der Waals surface area contributed by atoms with Crippen LogP contribution in [0.25, 0.3) is 0 Å². The number of ether oxygens (including phenoxy) is 2. The van der Waals surface area contributed by atoms with E-state index >= 15 is 0 Å². The molecule has 0 unspecified atom stereocenters. The quantitative estimate of drug-likeness (QED) is 0.410. The number of aromatic nitrogens is 2. The van der Waals surface area contributed by atoms with Gasteiger partial charge in [-0.2, -0.15) is 13.2 Å². The molecule has 12 nitrogen and oxygen atoms in total. The van der Waals surface area contributed by atoms with Crippen molar-refractivity contribution in [3.05, 3.63) is 51.7 Å². The SMILES string of the molecule is O=C(CN1CCN(C(=O)OCc2ccc(C(F)(F)F)cc2)CC1)N1CCC2(CC1)Cn1cc([N+](=O)[O-])nc1O2. The molecular formula is C24H27F3N6O6. The maximum Gasteiger partial charge on any atom is 0.416 e. The minimum Gasteiger partial charge on any atom is -0.445 e. The molecule has 39 heavy (non-hydrogen) atoms. The van der Waals surface area contributed by atoms with Crippen LogP contribution in [0.3, 0.4) is 0 Å². The van der Waals surface area contributed by atoms with Crippen molar-refractivity contribution >= 4 is 17.8 Å². The highest BCUT2D eigenvalue weighted by Gasteiger charge is 2.46. The molecule has 0 saturated carbocycles. The van der Waals surface area contributed by atoms with Crippen LogP contribution in [0, 0.1) is 10.1 Å². The third-order valence-corrected chi connectivity index (χ3v) is 7.34. The van der Waals surface area contributed by atoms with E-state index in [0.29, 0.717) is 64.2 Å². The lowest BCUT2D eigenvalue weighted by atomic mass is 9.91. The summed E-state index contributed by atoms with van der Waals surface area (Å²) in [5, 5.41) is 10.9. The zero-order valence-corrected chi connectivity index (χ0v) is 20.9. The minimum absolute atomic E-state index is 0.0189. The molecule has 0 N–H and O–H groups in total. The number of carbonyl (C=O) groups is 2. The van der Waals surface area contributed by atoms with E-state index < -0.39 is 28.4 Å². The standard InChI is InChI=1S/C24H27F3N6O6/c25-24(26,27)18-3-1-17(2-4-18)15-38-22(35)31-11-9-29(10-12-31)14-20(34)30-7-5-23(6-8-30)16-32-13-19(33(36)37)28-21(32)39-23/h1-4,13H,5-12,14-16H2. The molecule has 2 fully saturated rings. The lowest BCUT2D eigenvalue weighted by Gasteiger charge is -2.39. The fourth-order valence-corrected chi connectivity index (χ4v) is 5.03. The molecule has 1 aromatic heterocycles. The summed E-state index contributed by atoms with van der Waals surface area (Å²) in [6.45, 7) is 3.27. The number of hydrogen-bond donors (Lipinski definition) is 0. The van der Waals surface area contributed by atoms with Crippen LogP contribution in [0.15, 0.2) is 30.5 Å². The van der Waals surface area contributed by atoms with E-state index in [1.807, 2.05) is 4.90 Å². The van der Waals surface area contributed by atoms with E-state index in [2.05, 4.69) is 4.98 Å². The number of likely N-dealkylation sites (tertiary alicyclic amines) is 1. The molecule has 0 atom stereocenters. The van der Waals surface area contributed by atoms with Crippen molar-refractivity contribution in [3.8, 4) is 6.01 Å². The number of amides is 2. The van der Waals surface area contributed by atoms with Gasteiger partial charge in [0.05, 0.1) is 18.7 Å². The summed E-state index contributed by atoms with van der Waals surface area (Å²) in [5.41, 5.74) is -0.820. The molecular weight excluding hydrogens is 525 g/mol. The van der Waals surface area contributed by atoms with E-state index in [1.54, 1.807) is 9.47 Å². The first-order valence-electron chi connectivity index (χ1n) is 12.5. The monoisotopic (exact) mass is 552 g/mol. The van der Waals surface area contributed by atoms with E-state index in [1.165, 1.54) is 23.2 Å². The molecule has 5 rings (SSSR count). The van der Waals surface area contributed by atoms with Gasteiger partial charge in [-0.25, -0.2) is 4.79 Å². The van der Waals surface area contributed by atoms with Crippen LogP contribution in [-0.2, 0) is 28.9 Å². The van der Waals surface area contributed by atoms with Crippen molar-refractivity contribution < 1.29 is 37.2 Å². The fourth-order valence-electron chi connectivity index (χ4n) is 5.03. The van der Waals surface area contributed by atoms with Gasteiger partial charge in [-0.15, -0.1) is 0 Å². The van der Waals surface area contributed by atoms with Crippen molar-refractivity contribution in [1.29, 1.82) is 0 Å². The Morgan fingerprint density at radius 1 is 1.05 bits per heavy atom. The molecule has 2 amide bonds. The van der Waals surface area contributed by atoms with Crippen molar-refractivity contribution in [2.45, 2.75) is 37.8 Å². The number of nitrogens with zero attached hydrogens (tertiary/aromatic N) is 6. The maximum absolute atomic E-state index is 12.9. The van der Waals surface area contributed by atoms with Crippen LogP contribution in [-0.4, -0.2) is 92.6 Å². The van der Waals surface area contributed by atoms with Gasteiger partial charge >= 0.3 is 24.1 Å². The molecule has 1 spiro atoms. The zero-order valence-electron chi connectivity index (χ0n) is 20.9. The molecule has 2 saturated heterocycles. The maximum atomic E-state index is 12.9. The molecule has 210 valence electrons. The number of imidazole rings is 1. The average molecular weight is 553 g/mol. The zero-order chi connectivity index (χ0) is 27.8. The highest BCUT2D eigenvalue weighted by Crippen LogP contribution is 2.37.